The third-order valence-corrected chi connectivity index (χ3v) is 4.61. The highest BCUT2D eigenvalue weighted by Crippen LogP contribution is 2.34. The van der Waals surface area contributed by atoms with Crippen molar-refractivity contribution in [2.45, 2.75) is 58.3 Å². The monoisotopic (exact) mass is 238 g/mol. The Morgan fingerprint density at radius 3 is 2.65 bits per heavy atom. The molecule has 0 aromatic carbocycles. The zero-order chi connectivity index (χ0) is 12.0. The highest BCUT2D eigenvalue weighted by atomic mass is 14.9. The van der Waals surface area contributed by atoms with Gasteiger partial charge in [-0.2, -0.15) is 0 Å². The number of rotatable bonds is 8. The first-order valence-electron chi connectivity index (χ1n) is 7.76. The summed E-state index contributed by atoms with van der Waals surface area (Å²) in [6.45, 7) is 7.28. The maximum Gasteiger partial charge on any atom is 0.000876 e. The smallest absolute Gasteiger partial charge is 0.000876 e. The van der Waals surface area contributed by atoms with Crippen LogP contribution in [0, 0.1) is 11.3 Å². The summed E-state index contributed by atoms with van der Waals surface area (Å²) in [5, 5.41) is 7.23. The minimum atomic E-state index is 0.611. The molecule has 17 heavy (non-hydrogen) atoms. The van der Waals surface area contributed by atoms with Gasteiger partial charge in [0.15, 0.2) is 0 Å². The van der Waals surface area contributed by atoms with Gasteiger partial charge in [-0.15, -0.1) is 0 Å². The van der Waals surface area contributed by atoms with Crippen LogP contribution in [0.25, 0.3) is 0 Å². The highest BCUT2D eigenvalue weighted by molar-refractivity contribution is 4.86. The number of nitrogens with one attached hydrogen (secondary N) is 2. The van der Waals surface area contributed by atoms with Gasteiger partial charge in [-0.05, 0) is 63.1 Å². The van der Waals surface area contributed by atoms with Crippen molar-refractivity contribution in [1.82, 2.24) is 10.6 Å². The number of hydrogen-bond acceptors (Lipinski definition) is 2. The van der Waals surface area contributed by atoms with Gasteiger partial charge < -0.3 is 10.6 Å². The third kappa shape index (κ3) is 4.59. The minimum absolute atomic E-state index is 0.611. The molecule has 1 aliphatic heterocycles. The molecular formula is C15H30N2. The Hall–Kier alpha value is -0.0800. The summed E-state index contributed by atoms with van der Waals surface area (Å²) in [4.78, 5) is 0. The molecule has 0 aromatic heterocycles. The third-order valence-electron chi connectivity index (χ3n) is 4.61. The Morgan fingerprint density at radius 1 is 1.24 bits per heavy atom. The summed E-state index contributed by atoms with van der Waals surface area (Å²) < 4.78 is 0. The van der Waals surface area contributed by atoms with E-state index in [1.165, 1.54) is 77.5 Å². The summed E-state index contributed by atoms with van der Waals surface area (Å²) >= 11 is 0. The Morgan fingerprint density at radius 2 is 2.00 bits per heavy atom. The molecule has 2 aliphatic rings. The van der Waals surface area contributed by atoms with E-state index >= 15 is 0 Å². The van der Waals surface area contributed by atoms with Gasteiger partial charge in [0.25, 0.3) is 0 Å². The first kappa shape index (κ1) is 13.4. The predicted molar refractivity (Wildman–Crippen MR) is 74.3 cm³/mol. The summed E-state index contributed by atoms with van der Waals surface area (Å²) in [6, 6.07) is 0. The fourth-order valence-electron chi connectivity index (χ4n) is 3.28. The topological polar surface area (TPSA) is 24.1 Å². The van der Waals surface area contributed by atoms with Crippen molar-refractivity contribution in [3.8, 4) is 0 Å². The van der Waals surface area contributed by atoms with Crippen LogP contribution in [0.1, 0.15) is 58.3 Å². The molecule has 1 saturated carbocycles. The van der Waals surface area contributed by atoms with Gasteiger partial charge in [-0.25, -0.2) is 0 Å². The number of piperidine rings is 1. The Balaban J connectivity index is 1.61. The molecule has 1 heterocycles. The molecule has 100 valence electrons. The lowest BCUT2D eigenvalue weighted by Crippen LogP contribution is -2.43. The van der Waals surface area contributed by atoms with Crippen molar-refractivity contribution < 1.29 is 0 Å². The molecule has 2 nitrogen and oxygen atoms in total. The van der Waals surface area contributed by atoms with Crippen LogP contribution >= 0.6 is 0 Å². The SMILES string of the molecule is CCCC1(CNCCCC2CC2)CCNCC1. The molecule has 0 atom stereocenters. The van der Waals surface area contributed by atoms with Gasteiger partial charge in [0.1, 0.15) is 0 Å². The van der Waals surface area contributed by atoms with Crippen LogP contribution < -0.4 is 10.6 Å². The zero-order valence-electron chi connectivity index (χ0n) is 11.6. The first-order chi connectivity index (χ1) is 8.35. The van der Waals surface area contributed by atoms with Crippen molar-refractivity contribution in [1.29, 1.82) is 0 Å². The largest absolute Gasteiger partial charge is 0.317 e. The van der Waals surface area contributed by atoms with Gasteiger partial charge in [0, 0.05) is 6.54 Å². The summed E-state index contributed by atoms with van der Waals surface area (Å²) in [5.41, 5.74) is 0.611. The van der Waals surface area contributed by atoms with Gasteiger partial charge >= 0.3 is 0 Å². The molecule has 0 bridgehead atoms. The van der Waals surface area contributed by atoms with E-state index in [0.29, 0.717) is 5.41 Å². The Bertz CT molecular complexity index is 199. The minimum Gasteiger partial charge on any atom is -0.317 e. The summed E-state index contributed by atoms with van der Waals surface area (Å²) in [5.74, 6) is 1.10. The van der Waals surface area contributed by atoms with Crippen LogP contribution in [0.5, 0.6) is 0 Å². The second-order valence-corrected chi connectivity index (χ2v) is 6.26. The summed E-state index contributed by atoms with van der Waals surface area (Å²) in [6.07, 6.45) is 11.4. The molecule has 1 saturated heterocycles. The van der Waals surface area contributed by atoms with Gasteiger partial charge in [-0.3, -0.25) is 0 Å². The second-order valence-electron chi connectivity index (χ2n) is 6.26. The fraction of sp³-hybridized carbons (Fsp3) is 1.00. The van der Waals surface area contributed by atoms with Crippen LogP contribution in [-0.4, -0.2) is 26.2 Å². The lowest BCUT2D eigenvalue weighted by Gasteiger charge is -2.38. The average molecular weight is 238 g/mol. The Labute approximate surface area is 107 Å². The molecule has 2 heteroatoms. The van der Waals surface area contributed by atoms with E-state index in [0.717, 1.165) is 5.92 Å². The molecule has 0 spiro atoms. The van der Waals surface area contributed by atoms with Crippen molar-refractivity contribution >= 4 is 0 Å². The predicted octanol–water partition coefficient (Wildman–Crippen LogP) is 2.94. The molecule has 0 amide bonds. The van der Waals surface area contributed by atoms with Gasteiger partial charge in [-0.1, -0.05) is 26.2 Å². The molecule has 0 radical (unpaired) electrons. The quantitative estimate of drug-likeness (QED) is 0.635. The van der Waals surface area contributed by atoms with E-state index in [2.05, 4.69) is 17.6 Å². The molecule has 0 unspecified atom stereocenters. The van der Waals surface area contributed by atoms with E-state index in [1.54, 1.807) is 0 Å². The van der Waals surface area contributed by atoms with Crippen molar-refractivity contribution in [3.63, 3.8) is 0 Å². The van der Waals surface area contributed by atoms with E-state index in [4.69, 9.17) is 0 Å². The Kier molecular flexibility index (Phi) is 5.30. The second kappa shape index (κ2) is 6.75. The molecule has 2 fully saturated rings. The first-order valence-corrected chi connectivity index (χ1v) is 7.76. The molecular weight excluding hydrogens is 208 g/mol. The van der Waals surface area contributed by atoms with E-state index < -0.39 is 0 Å². The van der Waals surface area contributed by atoms with Crippen LogP contribution in [0.15, 0.2) is 0 Å². The normalized spacial score (nSPS) is 23.8. The van der Waals surface area contributed by atoms with Crippen molar-refractivity contribution in [2.24, 2.45) is 11.3 Å². The van der Waals surface area contributed by atoms with Crippen LogP contribution in [0.2, 0.25) is 0 Å². The van der Waals surface area contributed by atoms with Gasteiger partial charge in [0.2, 0.25) is 0 Å². The van der Waals surface area contributed by atoms with Crippen molar-refractivity contribution in [3.05, 3.63) is 0 Å². The lowest BCUT2D eigenvalue weighted by atomic mass is 9.75. The standard InChI is InChI=1S/C15H30N2/c1-2-7-15(8-11-16-12-9-15)13-17-10-3-4-14-5-6-14/h14,16-17H,2-13H2,1H3. The lowest BCUT2D eigenvalue weighted by molar-refractivity contribution is 0.176. The van der Waals surface area contributed by atoms with E-state index in [-0.39, 0.29) is 0 Å². The molecule has 1 aliphatic carbocycles. The van der Waals surface area contributed by atoms with Crippen LogP contribution in [0.4, 0.5) is 0 Å². The van der Waals surface area contributed by atoms with Crippen LogP contribution in [-0.2, 0) is 0 Å². The van der Waals surface area contributed by atoms with Crippen LogP contribution in [0.3, 0.4) is 0 Å². The molecule has 2 N–H and O–H groups in total. The maximum absolute atomic E-state index is 3.74. The van der Waals surface area contributed by atoms with E-state index in [1.807, 2.05) is 0 Å². The maximum atomic E-state index is 3.74. The average Bonchev–Trinajstić information content (AvgIpc) is 3.14. The zero-order valence-corrected chi connectivity index (χ0v) is 11.6. The number of hydrogen-bond donors (Lipinski definition) is 2. The van der Waals surface area contributed by atoms with Crippen molar-refractivity contribution in [2.75, 3.05) is 26.2 Å². The molecule has 2 rings (SSSR count). The van der Waals surface area contributed by atoms with Gasteiger partial charge in [0.05, 0.1) is 0 Å². The fourth-order valence-corrected chi connectivity index (χ4v) is 3.28. The molecule has 0 aromatic rings. The van der Waals surface area contributed by atoms with E-state index in [9.17, 15) is 0 Å². The highest BCUT2D eigenvalue weighted by Gasteiger charge is 2.30. The summed E-state index contributed by atoms with van der Waals surface area (Å²) in [7, 11) is 0.